The summed E-state index contributed by atoms with van der Waals surface area (Å²) in [6, 6.07) is 47.5. The molecule has 0 aliphatic carbocycles. The fraction of sp³-hybridized carbons (Fsp3) is 0.286. The Morgan fingerprint density at radius 3 is 1.02 bits per heavy atom. The first kappa shape index (κ1) is 32.0. The molecule has 0 fully saturated rings. The summed E-state index contributed by atoms with van der Waals surface area (Å²) in [6.07, 6.45) is 8.03. The normalized spacial score (nSPS) is 11.9. The van der Waals surface area contributed by atoms with Crippen LogP contribution in [0.2, 0.25) is 6.32 Å². The van der Waals surface area contributed by atoms with Crippen LogP contribution in [0.5, 0.6) is 0 Å². The van der Waals surface area contributed by atoms with Crippen molar-refractivity contribution in [2.45, 2.75) is 53.8 Å². The summed E-state index contributed by atoms with van der Waals surface area (Å²) in [5, 5.41) is 8.04. The largest absolute Gasteiger partial charge is 0.192 e. The average Bonchev–Trinajstić information content (AvgIpc) is 3.10. The SMILES string of the molecule is CCCC[B-](c1cccc2ccccc12)(c1cccc2ccccc12)c1cccc2ccccc12.CC[P+](CC)(CC)CC. The monoisotopic (exact) mass is 596 g/mol. The van der Waals surface area contributed by atoms with Gasteiger partial charge in [-0.25, -0.2) is 0 Å². The molecule has 0 spiro atoms. The lowest BCUT2D eigenvalue weighted by Gasteiger charge is -2.45. The van der Waals surface area contributed by atoms with Crippen LogP contribution in [0.3, 0.4) is 0 Å². The van der Waals surface area contributed by atoms with Crippen molar-refractivity contribution >= 4 is 62.1 Å². The number of hydrogen-bond acceptors (Lipinski definition) is 0. The molecule has 44 heavy (non-hydrogen) atoms. The summed E-state index contributed by atoms with van der Waals surface area (Å²) in [5.41, 5.74) is 4.39. The van der Waals surface area contributed by atoms with Crippen molar-refractivity contribution in [1.29, 1.82) is 0 Å². The first-order valence-corrected chi connectivity index (χ1v) is 19.6. The van der Waals surface area contributed by atoms with Gasteiger partial charge in [0.15, 0.2) is 0 Å². The highest BCUT2D eigenvalue weighted by atomic mass is 31.2. The molecule has 226 valence electrons. The van der Waals surface area contributed by atoms with Crippen molar-refractivity contribution in [2.75, 3.05) is 24.6 Å². The van der Waals surface area contributed by atoms with E-state index in [0.29, 0.717) is 0 Å². The molecule has 0 amide bonds. The minimum absolute atomic E-state index is 0.420. The van der Waals surface area contributed by atoms with E-state index in [1.807, 2.05) is 0 Å². The molecule has 0 saturated heterocycles. The van der Waals surface area contributed by atoms with Gasteiger partial charge >= 0.3 is 0 Å². The molecule has 6 rings (SSSR count). The molecule has 0 bridgehead atoms. The smallest absolute Gasteiger partial charge is 0.0837 e. The van der Waals surface area contributed by atoms with Crippen LogP contribution >= 0.6 is 7.26 Å². The molecule has 0 aliphatic rings. The Kier molecular flexibility index (Phi) is 10.6. The maximum Gasteiger partial charge on any atom is 0.0837 e. The van der Waals surface area contributed by atoms with Gasteiger partial charge in [-0.1, -0.05) is 163 Å². The molecule has 6 aromatic rings. The second-order valence-corrected chi connectivity index (χ2v) is 17.7. The third kappa shape index (κ3) is 6.10. The average molecular weight is 597 g/mol. The molecule has 0 N–H and O–H groups in total. The number of rotatable bonds is 10. The molecule has 2 heteroatoms. The van der Waals surface area contributed by atoms with E-state index in [1.165, 1.54) is 86.2 Å². The zero-order chi connectivity index (χ0) is 31.0. The zero-order valence-electron chi connectivity index (χ0n) is 27.6. The quantitative estimate of drug-likeness (QED) is 0.109. The van der Waals surface area contributed by atoms with Gasteiger partial charge in [-0.2, -0.15) is 22.7 Å². The third-order valence-corrected chi connectivity index (χ3v) is 16.1. The maximum atomic E-state index is 2.40. The van der Waals surface area contributed by atoms with E-state index in [9.17, 15) is 0 Å². The number of hydrogen-bond donors (Lipinski definition) is 0. The van der Waals surface area contributed by atoms with Gasteiger partial charge in [0.05, 0.1) is 30.8 Å². The van der Waals surface area contributed by atoms with Crippen LogP contribution in [-0.4, -0.2) is 30.8 Å². The molecular weight excluding hydrogens is 546 g/mol. The van der Waals surface area contributed by atoms with Gasteiger partial charge in [-0.05, 0) is 43.9 Å². The lowest BCUT2D eigenvalue weighted by molar-refractivity contribution is 0.874. The Morgan fingerprint density at radius 1 is 0.409 bits per heavy atom. The second kappa shape index (κ2) is 14.6. The summed E-state index contributed by atoms with van der Waals surface area (Å²) >= 11 is 0. The predicted octanol–water partition coefficient (Wildman–Crippen LogP) is 10.5. The van der Waals surface area contributed by atoms with Gasteiger partial charge in [0.1, 0.15) is 0 Å². The van der Waals surface area contributed by atoms with Gasteiger partial charge in [0, 0.05) is 7.26 Å². The zero-order valence-corrected chi connectivity index (χ0v) is 28.5. The Balaban J connectivity index is 0.000000374. The number of benzene rings is 6. The van der Waals surface area contributed by atoms with E-state index in [1.54, 1.807) is 0 Å². The highest BCUT2D eigenvalue weighted by molar-refractivity contribution is 7.75. The van der Waals surface area contributed by atoms with Gasteiger partial charge < -0.3 is 0 Å². The van der Waals surface area contributed by atoms with E-state index in [2.05, 4.69) is 162 Å². The molecule has 0 aromatic heterocycles. The minimum atomic E-state index is -1.25. The van der Waals surface area contributed by atoms with E-state index in [4.69, 9.17) is 0 Å². The summed E-state index contributed by atoms with van der Waals surface area (Å²) in [4.78, 5) is 0. The van der Waals surface area contributed by atoms with Gasteiger partial charge in [0.2, 0.25) is 0 Å². The van der Waals surface area contributed by atoms with Crippen molar-refractivity contribution < 1.29 is 0 Å². The lowest BCUT2D eigenvalue weighted by atomic mass is 9.13. The van der Waals surface area contributed by atoms with Crippen molar-refractivity contribution in [3.63, 3.8) is 0 Å². The fourth-order valence-electron chi connectivity index (χ4n) is 7.86. The van der Waals surface area contributed by atoms with Crippen LogP contribution in [-0.2, 0) is 0 Å². The number of fused-ring (bicyclic) bond motifs is 3. The Bertz CT molecular complexity index is 1590. The van der Waals surface area contributed by atoms with Crippen LogP contribution in [0.25, 0.3) is 32.3 Å². The summed E-state index contributed by atoms with van der Waals surface area (Å²) in [6.45, 7) is 11.7. The Labute approximate surface area is 267 Å². The van der Waals surface area contributed by atoms with Crippen molar-refractivity contribution in [3.05, 3.63) is 127 Å². The molecule has 0 radical (unpaired) electrons. The highest BCUT2D eigenvalue weighted by Crippen LogP contribution is 2.57. The van der Waals surface area contributed by atoms with Crippen LogP contribution in [0.4, 0.5) is 0 Å². The third-order valence-electron chi connectivity index (χ3n) is 10.7. The highest BCUT2D eigenvalue weighted by Gasteiger charge is 2.33. The molecule has 0 aliphatic heterocycles. The molecule has 0 saturated carbocycles. The standard InChI is InChI=1S/C34H30B.C8H20P/c1-2-3-25-35(32-22-10-16-26-13-4-7-19-29(26)32,33-23-11-17-27-14-5-8-20-30(27)33)34-24-12-18-28-15-6-9-21-31(28)34;1-5-9(6-2,7-3)8-4/h4-24H,2-3,25H2,1H3;5-8H2,1-4H3/q-1;+1. The summed E-state index contributed by atoms with van der Waals surface area (Å²) in [7, 11) is -0.420. The number of unbranched alkanes of at least 4 members (excludes halogenated alkanes) is 1. The molecule has 0 nitrogen and oxygen atoms in total. The Hall–Kier alpha value is -3.41. The fourth-order valence-corrected chi connectivity index (χ4v) is 10.5. The lowest BCUT2D eigenvalue weighted by Crippen LogP contribution is -2.67. The van der Waals surface area contributed by atoms with Gasteiger partial charge in [-0.3, -0.25) is 0 Å². The first-order chi connectivity index (χ1) is 21.6. The van der Waals surface area contributed by atoms with E-state index in [-0.39, 0.29) is 0 Å². The summed E-state index contributed by atoms with van der Waals surface area (Å²) < 4.78 is 0. The second-order valence-electron chi connectivity index (χ2n) is 12.5. The molecule has 0 heterocycles. The first-order valence-electron chi connectivity index (χ1n) is 17.0. The van der Waals surface area contributed by atoms with Gasteiger partial charge in [0.25, 0.3) is 0 Å². The van der Waals surface area contributed by atoms with Crippen molar-refractivity contribution in [1.82, 2.24) is 0 Å². The van der Waals surface area contributed by atoms with Crippen molar-refractivity contribution in [2.24, 2.45) is 0 Å². The molecular formula is C42H50BP. The van der Waals surface area contributed by atoms with Crippen LogP contribution < -0.4 is 16.4 Å². The van der Waals surface area contributed by atoms with Crippen LogP contribution in [0.15, 0.2) is 127 Å². The molecule has 0 unspecified atom stereocenters. The molecule has 6 aromatic carbocycles. The van der Waals surface area contributed by atoms with E-state index < -0.39 is 13.4 Å². The van der Waals surface area contributed by atoms with Crippen LogP contribution in [0.1, 0.15) is 47.5 Å². The van der Waals surface area contributed by atoms with E-state index >= 15 is 0 Å². The predicted molar refractivity (Wildman–Crippen MR) is 205 cm³/mol. The maximum absolute atomic E-state index is 2.40. The van der Waals surface area contributed by atoms with Crippen LogP contribution in [0, 0.1) is 0 Å². The van der Waals surface area contributed by atoms with E-state index in [0.717, 1.165) is 6.32 Å². The minimum Gasteiger partial charge on any atom is -0.192 e. The Morgan fingerprint density at radius 2 is 0.727 bits per heavy atom. The summed E-state index contributed by atoms with van der Waals surface area (Å²) in [5.74, 6) is 0. The van der Waals surface area contributed by atoms with Gasteiger partial charge in [-0.15, -0.1) is 0 Å². The molecule has 0 atom stereocenters. The van der Waals surface area contributed by atoms with Crippen molar-refractivity contribution in [3.8, 4) is 0 Å². The topological polar surface area (TPSA) is 0 Å².